The summed E-state index contributed by atoms with van der Waals surface area (Å²) in [5, 5.41) is 9.71. The Bertz CT molecular complexity index is 477. The first kappa shape index (κ1) is 12.1. The molecule has 0 aliphatic carbocycles. The van der Waals surface area contributed by atoms with Crippen molar-refractivity contribution in [2.24, 2.45) is 0 Å². The zero-order valence-electron chi connectivity index (χ0n) is 9.89. The number of aromatic hydroxyl groups is 1. The summed E-state index contributed by atoms with van der Waals surface area (Å²) in [7, 11) is 0. The van der Waals surface area contributed by atoms with Gasteiger partial charge in [0.1, 0.15) is 5.75 Å². The number of thioether (sulfide) groups is 1. The molecule has 0 radical (unpaired) electrons. The van der Waals surface area contributed by atoms with Gasteiger partial charge in [-0.15, -0.1) is 11.8 Å². The first-order chi connectivity index (χ1) is 8.29. The van der Waals surface area contributed by atoms with Crippen molar-refractivity contribution >= 4 is 11.8 Å². The van der Waals surface area contributed by atoms with Gasteiger partial charge >= 0.3 is 0 Å². The molecule has 17 heavy (non-hydrogen) atoms. The van der Waals surface area contributed by atoms with Crippen molar-refractivity contribution in [1.82, 2.24) is 0 Å². The second-order valence-corrected chi connectivity index (χ2v) is 5.22. The summed E-state index contributed by atoms with van der Waals surface area (Å²) in [4.78, 5) is 1.30. The lowest BCUT2D eigenvalue weighted by atomic mass is 10.0. The van der Waals surface area contributed by atoms with Crippen molar-refractivity contribution < 1.29 is 5.11 Å². The molecule has 88 valence electrons. The summed E-state index contributed by atoms with van der Waals surface area (Å²) in [6.45, 7) is 2.15. The zero-order chi connectivity index (χ0) is 12.1. The van der Waals surface area contributed by atoms with Gasteiger partial charge in [-0.3, -0.25) is 0 Å². The van der Waals surface area contributed by atoms with Crippen molar-refractivity contribution in [2.45, 2.75) is 18.2 Å². The lowest BCUT2D eigenvalue weighted by Crippen LogP contribution is -1.88. The predicted molar refractivity (Wildman–Crippen MR) is 73.8 cm³/mol. The molecule has 0 bridgehead atoms. The third-order valence-corrected chi connectivity index (χ3v) is 3.51. The molecule has 0 saturated heterocycles. The maximum Gasteiger partial charge on any atom is 0.119 e. The van der Waals surface area contributed by atoms with Crippen LogP contribution in [-0.2, 0) is 6.42 Å². The van der Waals surface area contributed by atoms with Gasteiger partial charge in [-0.2, -0.15) is 0 Å². The van der Waals surface area contributed by atoms with Gasteiger partial charge in [-0.1, -0.05) is 37.3 Å². The molecule has 1 nitrogen and oxygen atoms in total. The van der Waals surface area contributed by atoms with Crippen LogP contribution in [0.15, 0.2) is 53.4 Å². The third kappa shape index (κ3) is 3.27. The Morgan fingerprint density at radius 3 is 2.35 bits per heavy atom. The van der Waals surface area contributed by atoms with Gasteiger partial charge in [0.05, 0.1) is 0 Å². The number of hydrogen-bond donors (Lipinski definition) is 1. The summed E-state index contributed by atoms with van der Waals surface area (Å²) in [5.41, 5.74) is 2.20. The van der Waals surface area contributed by atoms with Crippen LogP contribution in [0.1, 0.15) is 18.1 Å². The molecule has 0 atom stereocenters. The molecular weight excluding hydrogens is 228 g/mol. The highest BCUT2D eigenvalue weighted by Gasteiger charge is 2.01. The van der Waals surface area contributed by atoms with E-state index >= 15 is 0 Å². The molecule has 0 fully saturated rings. The third-order valence-electron chi connectivity index (χ3n) is 2.62. The van der Waals surface area contributed by atoms with Crippen LogP contribution in [0.4, 0.5) is 0 Å². The van der Waals surface area contributed by atoms with E-state index in [1.54, 1.807) is 6.07 Å². The second-order valence-electron chi connectivity index (χ2n) is 3.88. The highest BCUT2D eigenvalue weighted by atomic mass is 32.2. The molecule has 0 aromatic heterocycles. The predicted octanol–water partition coefficient (Wildman–Crippen LogP) is 4.10. The smallest absolute Gasteiger partial charge is 0.119 e. The van der Waals surface area contributed by atoms with Crippen LogP contribution in [0, 0.1) is 0 Å². The van der Waals surface area contributed by atoms with Crippen LogP contribution in [-0.4, -0.2) is 10.9 Å². The van der Waals surface area contributed by atoms with E-state index < -0.39 is 0 Å². The highest BCUT2D eigenvalue weighted by molar-refractivity contribution is 7.99. The molecular formula is C15H16OS. The number of benzene rings is 2. The van der Waals surface area contributed by atoms with Crippen LogP contribution in [0.25, 0.3) is 0 Å². The van der Waals surface area contributed by atoms with Gasteiger partial charge in [-0.25, -0.2) is 0 Å². The maximum atomic E-state index is 9.71. The number of hydrogen-bond acceptors (Lipinski definition) is 2. The molecule has 0 aliphatic rings. The summed E-state index contributed by atoms with van der Waals surface area (Å²) in [6.07, 6.45) is 0.781. The average Bonchev–Trinajstić information content (AvgIpc) is 2.35. The Morgan fingerprint density at radius 2 is 1.71 bits per heavy atom. The molecule has 1 N–H and O–H groups in total. The lowest BCUT2D eigenvalue weighted by molar-refractivity contribution is 0.469. The Kier molecular flexibility index (Phi) is 4.10. The van der Waals surface area contributed by atoms with Crippen molar-refractivity contribution in [2.75, 3.05) is 5.75 Å². The summed E-state index contributed by atoms with van der Waals surface area (Å²) < 4.78 is 0. The van der Waals surface area contributed by atoms with Gasteiger partial charge in [0, 0.05) is 11.3 Å². The quantitative estimate of drug-likeness (QED) is 0.817. The summed E-state index contributed by atoms with van der Waals surface area (Å²) in [6, 6.07) is 16.0. The van der Waals surface area contributed by atoms with E-state index in [0.717, 1.165) is 17.7 Å². The van der Waals surface area contributed by atoms with Gasteiger partial charge in [0.2, 0.25) is 0 Å². The highest BCUT2D eigenvalue weighted by Crippen LogP contribution is 2.22. The van der Waals surface area contributed by atoms with Crippen molar-refractivity contribution in [3.05, 3.63) is 59.7 Å². The maximum absolute atomic E-state index is 9.71. The van der Waals surface area contributed by atoms with Gasteiger partial charge < -0.3 is 5.11 Å². The normalized spacial score (nSPS) is 10.4. The van der Waals surface area contributed by atoms with Crippen LogP contribution in [0.3, 0.4) is 0 Å². The lowest BCUT2D eigenvalue weighted by Gasteiger charge is -2.05. The van der Waals surface area contributed by atoms with E-state index in [2.05, 4.69) is 31.2 Å². The Morgan fingerprint density at radius 1 is 1.00 bits per heavy atom. The van der Waals surface area contributed by atoms with E-state index in [-0.39, 0.29) is 0 Å². The van der Waals surface area contributed by atoms with E-state index in [1.165, 1.54) is 10.5 Å². The van der Waals surface area contributed by atoms with Crippen LogP contribution in [0.5, 0.6) is 5.75 Å². The molecule has 0 aliphatic heterocycles. The Labute approximate surface area is 107 Å². The van der Waals surface area contributed by atoms with E-state index in [4.69, 9.17) is 0 Å². The molecule has 2 heteroatoms. The molecule has 0 amide bonds. The van der Waals surface area contributed by atoms with Crippen LogP contribution >= 0.6 is 11.8 Å². The topological polar surface area (TPSA) is 20.2 Å². The zero-order valence-corrected chi connectivity index (χ0v) is 10.7. The van der Waals surface area contributed by atoms with Gasteiger partial charge in [-0.05, 0) is 35.1 Å². The first-order valence-electron chi connectivity index (χ1n) is 5.78. The van der Waals surface area contributed by atoms with E-state index in [1.807, 2.05) is 30.0 Å². The van der Waals surface area contributed by atoms with Gasteiger partial charge in [0.15, 0.2) is 0 Å². The summed E-state index contributed by atoms with van der Waals surface area (Å²) >= 11 is 1.84. The average molecular weight is 244 g/mol. The molecule has 2 rings (SSSR count). The van der Waals surface area contributed by atoms with E-state index in [9.17, 15) is 5.11 Å². The SMILES string of the molecule is CCSc1ccc(Cc2ccccc2O)cc1. The summed E-state index contributed by atoms with van der Waals surface area (Å²) in [5.74, 6) is 1.47. The minimum absolute atomic E-state index is 0.375. The Balaban J connectivity index is 2.11. The first-order valence-corrected chi connectivity index (χ1v) is 6.76. The standard InChI is InChI=1S/C15H16OS/c1-2-17-14-9-7-12(8-10-14)11-13-5-3-4-6-15(13)16/h3-10,16H,2,11H2,1H3. The van der Waals surface area contributed by atoms with Gasteiger partial charge in [0.25, 0.3) is 0 Å². The molecule has 0 saturated carbocycles. The number of rotatable bonds is 4. The fourth-order valence-electron chi connectivity index (χ4n) is 1.75. The van der Waals surface area contributed by atoms with Crippen molar-refractivity contribution in [3.8, 4) is 5.75 Å². The van der Waals surface area contributed by atoms with Crippen molar-refractivity contribution in [3.63, 3.8) is 0 Å². The molecule has 2 aromatic rings. The number of phenolic OH excluding ortho intramolecular Hbond substituents is 1. The number of phenols is 1. The largest absolute Gasteiger partial charge is 0.508 e. The van der Waals surface area contributed by atoms with Crippen molar-refractivity contribution in [1.29, 1.82) is 0 Å². The fourth-order valence-corrected chi connectivity index (χ4v) is 2.41. The minimum Gasteiger partial charge on any atom is -0.508 e. The number of para-hydroxylation sites is 1. The van der Waals surface area contributed by atoms with E-state index in [0.29, 0.717) is 5.75 Å². The fraction of sp³-hybridized carbons (Fsp3) is 0.200. The van der Waals surface area contributed by atoms with Crippen LogP contribution < -0.4 is 0 Å². The second kappa shape index (κ2) is 5.78. The van der Waals surface area contributed by atoms with Crippen LogP contribution in [0.2, 0.25) is 0 Å². The molecule has 2 aromatic carbocycles. The molecule has 0 spiro atoms. The molecule has 0 heterocycles. The minimum atomic E-state index is 0.375. The monoisotopic (exact) mass is 244 g/mol. The Hall–Kier alpha value is -1.41. The molecule has 0 unspecified atom stereocenters.